The standard InChI is InChI=1S/C26H29NO4S/c1-17-12-19(25-13-18-6-7-21(29-2)14-26(18)32-25)8-10-27(17)15-20(28)16-31-24-5-3-4-23-22(24)9-11-30-23/h3-7,9,11,13-14,17,19-20,28H,8,10,12,15-16H2,1-2H3/t17-,19-,20?/m0/s1. The molecule has 3 atom stereocenters. The van der Waals surface area contributed by atoms with Gasteiger partial charge in [-0.25, -0.2) is 0 Å². The number of aliphatic hydroxyl groups excluding tert-OH is 1. The first kappa shape index (κ1) is 21.3. The summed E-state index contributed by atoms with van der Waals surface area (Å²) in [5.74, 6) is 2.23. The molecule has 6 heteroatoms. The van der Waals surface area contributed by atoms with Gasteiger partial charge in [0.2, 0.25) is 0 Å². The maximum absolute atomic E-state index is 10.6. The monoisotopic (exact) mass is 451 g/mol. The van der Waals surface area contributed by atoms with Gasteiger partial charge in [-0.3, -0.25) is 4.90 Å². The number of nitrogens with zero attached hydrogens (tertiary/aromatic N) is 1. The number of hydrogen-bond donors (Lipinski definition) is 1. The summed E-state index contributed by atoms with van der Waals surface area (Å²) in [6.07, 6.45) is 3.34. The zero-order valence-corrected chi connectivity index (χ0v) is 19.3. The van der Waals surface area contributed by atoms with Crippen LogP contribution in [-0.4, -0.2) is 49.0 Å². The summed E-state index contributed by atoms with van der Waals surface area (Å²) >= 11 is 1.88. The van der Waals surface area contributed by atoms with Gasteiger partial charge in [-0.15, -0.1) is 11.3 Å². The predicted octanol–water partition coefficient (Wildman–Crippen LogP) is 5.66. The highest BCUT2D eigenvalue weighted by Gasteiger charge is 2.29. The summed E-state index contributed by atoms with van der Waals surface area (Å²) in [5.41, 5.74) is 0.798. The summed E-state index contributed by atoms with van der Waals surface area (Å²) in [7, 11) is 1.71. The first-order valence-electron chi connectivity index (χ1n) is 11.2. The number of rotatable bonds is 7. The number of thiophene rings is 1. The molecule has 0 aliphatic carbocycles. The van der Waals surface area contributed by atoms with Crippen molar-refractivity contribution >= 4 is 32.4 Å². The van der Waals surface area contributed by atoms with Crippen molar-refractivity contribution in [1.29, 1.82) is 0 Å². The molecule has 1 fully saturated rings. The number of likely N-dealkylation sites (tertiary alicyclic amines) is 1. The van der Waals surface area contributed by atoms with Crippen LogP contribution in [0.25, 0.3) is 21.1 Å². The van der Waals surface area contributed by atoms with Gasteiger partial charge in [0, 0.05) is 22.2 Å². The zero-order valence-electron chi connectivity index (χ0n) is 18.5. The fraction of sp³-hybridized carbons (Fsp3) is 0.385. The van der Waals surface area contributed by atoms with Crippen molar-refractivity contribution in [3.8, 4) is 11.5 Å². The van der Waals surface area contributed by atoms with E-state index in [1.54, 1.807) is 13.4 Å². The fourth-order valence-electron chi connectivity index (χ4n) is 4.71. The first-order chi connectivity index (χ1) is 15.6. The third kappa shape index (κ3) is 4.35. The Morgan fingerprint density at radius 1 is 1.22 bits per heavy atom. The third-order valence-corrected chi connectivity index (χ3v) is 7.76. The number of methoxy groups -OCH3 is 1. The van der Waals surface area contributed by atoms with Crippen LogP contribution in [0.3, 0.4) is 0 Å². The van der Waals surface area contributed by atoms with Gasteiger partial charge in [0.25, 0.3) is 0 Å². The van der Waals surface area contributed by atoms with Crippen molar-refractivity contribution in [3.05, 3.63) is 59.7 Å². The largest absolute Gasteiger partial charge is 0.497 e. The van der Waals surface area contributed by atoms with E-state index < -0.39 is 6.10 Å². The van der Waals surface area contributed by atoms with Gasteiger partial charge < -0.3 is 19.0 Å². The van der Waals surface area contributed by atoms with Gasteiger partial charge >= 0.3 is 0 Å². The number of aliphatic hydroxyl groups is 1. The molecule has 0 radical (unpaired) electrons. The van der Waals surface area contributed by atoms with Crippen LogP contribution in [0.1, 0.15) is 30.6 Å². The summed E-state index contributed by atoms with van der Waals surface area (Å²) in [4.78, 5) is 3.84. The van der Waals surface area contributed by atoms with Gasteiger partial charge in [0.1, 0.15) is 29.8 Å². The second kappa shape index (κ2) is 9.14. The summed E-state index contributed by atoms with van der Waals surface area (Å²) in [6.45, 7) is 4.15. The minimum Gasteiger partial charge on any atom is -0.497 e. The van der Waals surface area contributed by atoms with Crippen molar-refractivity contribution in [1.82, 2.24) is 4.90 Å². The number of benzene rings is 2. The Morgan fingerprint density at radius 3 is 2.97 bits per heavy atom. The lowest BCUT2D eigenvalue weighted by atomic mass is 9.90. The molecule has 3 heterocycles. The molecular weight excluding hydrogens is 422 g/mol. The van der Waals surface area contributed by atoms with Crippen molar-refractivity contribution < 1.29 is 19.0 Å². The lowest BCUT2D eigenvalue weighted by molar-refractivity contribution is 0.0408. The van der Waals surface area contributed by atoms with Crippen LogP contribution < -0.4 is 9.47 Å². The van der Waals surface area contributed by atoms with Crippen LogP contribution in [0, 0.1) is 0 Å². The fourth-order valence-corrected chi connectivity index (χ4v) is 5.95. The van der Waals surface area contributed by atoms with E-state index in [2.05, 4.69) is 30.0 Å². The van der Waals surface area contributed by atoms with Crippen LogP contribution in [0.15, 0.2) is 59.2 Å². The Hall–Kier alpha value is -2.54. The van der Waals surface area contributed by atoms with Crippen LogP contribution in [0.4, 0.5) is 0 Å². The number of furan rings is 1. The molecule has 168 valence electrons. The average molecular weight is 452 g/mol. The maximum Gasteiger partial charge on any atom is 0.137 e. The van der Waals surface area contributed by atoms with E-state index in [1.807, 2.05) is 41.7 Å². The molecule has 4 aromatic rings. The van der Waals surface area contributed by atoms with E-state index >= 15 is 0 Å². The molecule has 5 nitrogen and oxygen atoms in total. The first-order valence-corrected chi connectivity index (χ1v) is 12.0. The minimum atomic E-state index is -0.534. The van der Waals surface area contributed by atoms with E-state index in [0.717, 1.165) is 41.9 Å². The van der Waals surface area contributed by atoms with E-state index in [4.69, 9.17) is 13.9 Å². The highest BCUT2D eigenvalue weighted by Crippen LogP contribution is 2.39. The molecular formula is C26H29NO4S. The maximum atomic E-state index is 10.6. The second-order valence-electron chi connectivity index (χ2n) is 8.67. The molecule has 2 aromatic heterocycles. The Balaban J connectivity index is 1.17. The van der Waals surface area contributed by atoms with Gasteiger partial charge in [-0.2, -0.15) is 0 Å². The molecule has 1 saturated heterocycles. The van der Waals surface area contributed by atoms with Crippen molar-refractivity contribution in [2.75, 3.05) is 26.8 Å². The lowest BCUT2D eigenvalue weighted by Gasteiger charge is -2.38. The third-order valence-electron chi connectivity index (χ3n) is 6.49. The van der Waals surface area contributed by atoms with E-state index in [9.17, 15) is 5.11 Å². The van der Waals surface area contributed by atoms with Crippen molar-refractivity contribution in [2.24, 2.45) is 0 Å². The number of β-amino-alcohol motifs (C(OH)–C–C–N with tert-alkyl or cyclic N) is 1. The Kier molecular flexibility index (Phi) is 6.09. The molecule has 32 heavy (non-hydrogen) atoms. The van der Waals surface area contributed by atoms with E-state index in [0.29, 0.717) is 18.5 Å². The number of fused-ring (bicyclic) bond motifs is 2. The van der Waals surface area contributed by atoms with Crippen LogP contribution in [0.5, 0.6) is 11.5 Å². The quantitative estimate of drug-likeness (QED) is 0.393. The highest BCUT2D eigenvalue weighted by molar-refractivity contribution is 7.19. The van der Waals surface area contributed by atoms with Crippen molar-refractivity contribution in [3.63, 3.8) is 0 Å². The number of piperidine rings is 1. The van der Waals surface area contributed by atoms with Gasteiger partial charge in [-0.1, -0.05) is 6.07 Å². The molecule has 1 aliphatic heterocycles. The highest BCUT2D eigenvalue weighted by atomic mass is 32.1. The summed E-state index contributed by atoms with van der Waals surface area (Å²) < 4.78 is 18.0. The Bertz CT molecular complexity index is 1200. The predicted molar refractivity (Wildman–Crippen MR) is 129 cm³/mol. The topological polar surface area (TPSA) is 55.1 Å². The summed E-state index contributed by atoms with van der Waals surface area (Å²) in [5, 5.41) is 12.9. The van der Waals surface area contributed by atoms with Gasteiger partial charge in [-0.05, 0) is 80.1 Å². The minimum absolute atomic E-state index is 0.273. The van der Waals surface area contributed by atoms with Gasteiger partial charge in [0.05, 0.1) is 18.8 Å². The molecule has 1 unspecified atom stereocenters. The number of hydrogen-bond acceptors (Lipinski definition) is 6. The zero-order chi connectivity index (χ0) is 22.1. The van der Waals surface area contributed by atoms with Crippen molar-refractivity contribution in [2.45, 2.75) is 37.8 Å². The average Bonchev–Trinajstić information content (AvgIpc) is 3.45. The SMILES string of the molecule is COc1ccc2cc([C@H]3CCN(CC(O)COc4cccc5occc45)[C@@H](C)C3)sc2c1. The number of ether oxygens (including phenoxy) is 2. The molecule has 5 rings (SSSR count). The van der Waals surface area contributed by atoms with E-state index in [1.165, 1.54) is 15.0 Å². The normalized spacial score (nSPS) is 20.6. The van der Waals surface area contributed by atoms with E-state index in [-0.39, 0.29) is 6.61 Å². The molecule has 0 spiro atoms. The molecule has 0 bridgehead atoms. The molecule has 0 amide bonds. The molecule has 0 saturated carbocycles. The Labute approximate surface area is 192 Å². The van der Waals surface area contributed by atoms with Crippen LogP contribution in [0.2, 0.25) is 0 Å². The van der Waals surface area contributed by atoms with Gasteiger partial charge in [0.15, 0.2) is 0 Å². The van der Waals surface area contributed by atoms with Crippen LogP contribution >= 0.6 is 11.3 Å². The molecule has 1 N–H and O–H groups in total. The molecule has 2 aromatic carbocycles. The second-order valence-corrected chi connectivity index (χ2v) is 9.79. The molecule has 1 aliphatic rings. The Morgan fingerprint density at radius 2 is 2.12 bits per heavy atom. The lowest BCUT2D eigenvalue weighted by Crippen LogP contribution is -2.45. The van der Waals surface area contributed by atoms with Crippen LogP contribution in [-0.2, 0) is 0 Å². The summed E-state index contributed by atoms with van der Waals surface area (Å²) in [6, 6.07) is 16.7. The smallest absolute Gasteiger partial charge is 0.137 e.